The van der Waals surface area contributed by atoms with Crippen LogP contribution in [0.2, 0.25) is 0 Å². The number of hydrogen-bond acceptors (Lipinski definition) is 4. The first kappa shape index (κ1) is 23.4. The second-order valence-electron chi connectivity index (χ2n) is 7.32. The standard InChI is InChI=1S/C19H30N6O.HI/c1-6-20-18(22-12-17-24-23-13-25(17)5)21-11-16(26)14-7-9-15(10-8-14)19(2,3)4;/h7-10,13,16,26H,6,11-12H2,1-5H3,(H2,20,21,22);1H. The third-order valence-electron chi connectivity index (χ3n) is 4.15. The normalized spacial score (nSPS) is 13.0. The maximum absolute atomic E-state index is 10.5. The maximum atomic E-state index is 10.5. The molecule has 0 radical (unpaired) electrons. The van der Waals surface area contributed by atoms with Gasteiger partial charge in [0.15, 0.2) is 11.8 Å². The van der Waals surface area contributed by atoms with Crippen molar-refractivity contribution in [1.82, 2.24) is 25.4 Å². The highest BCUT2D eigenvalue weighted by Crippen LogP contribution is 2.23. The van der Waals surface area contributed by atoms with Gasteiger partial charge in [-0.3, -0.25) is 0 Å². The predicted octanol–water partition coefficient (Wildman–Crippen LogP) is 2.52. The SMILES string of the molecule is CCNC(=NCc1nncn1C)NCC(O)c1ccc(C(C)(C)C)cc1.I. The minimum atomic E-state index is -0.609. The lowest BCUT2D eigenvalue weighted by atomic mass is 9.86. The van der Waals surface area contributed by atoms with Crippen molar-refractivity contribution in [3.63, 3.8) is 0 Å². The van der Waals surface area contributed by atoms with Crippen LogP contribution in [-0.4, -0.2) is 38.9 Å². The first-order chi connectivity index (χ1) is 12.3. The molecule has 7 nitrogen and oxygen atoms in total. The lowest BCUT2D eigenvalue weighted by molar-refractivity contribution is 0.181. The van der Waals surface area contributed by atoms with E-state index in [1.165, 1.54) is 5.56 Å². The molecular weight excluding hydrogens is 455 g/mol. The molecule has 0 fully saturated rings. The minimum Gasteiger partial charge on any atom is -0.387 e. The Bertz CT molecular complexity index is 721. The number of benzene rings is 1. The molecule has 0 aliphatic heterocycles. The summed E-state index contributed by atoms with van der Waals surface area (Å²) in [5, 5.41) is 24.7. The Kier molecular flexibility index (Phi) is 9.17. The lowest BCUT2D eigenvalue weighted by Crippen LogP contribution is -2.39. The van der Waals surface area contributed by atoms with Crippen LogP contribution in [0.5, 0.6) is 0 Å². The Labute approximate surface area is 178 Å². The van der Waals surface area contributed by atoms with Crippen LogP contribution in [-0.2, 0) is 19.0 Å². The van der Waals surface area contributed by atoms with E-state index in [2.05, 4.69) is 58.7 Å². The zero-order valence-corrected chi connectivity index (χ0v) is 19.1. The van der Waals surface area contributed by atoms with Crippen LogP contribution in [0, 0.1) is 0 Å². The summed E-state index contributed by atoms with van der Waals surface area (Å²) in [6.45, 7) is 10.1. The highest BCUT2D eigenvalue weighted by Gasteiger charge is 2.15. The number of aryl methyl sites for hydroxylation is 1. The Morgan fingerprint density at radius 3 is 2.41 bits per heavy atom. The molecule has 1 aromatic carbocycles. The topological polar surface area (TPSA) is 87.4 Å². The first-order valence-electron chi connectivity index (χ1n) is 8.94. The zero-order valence-electron chi connectivity index (χ0n) is 16.7. The summed E-state index contributed by atoms with van der Waals surface area (Å²) in [6, 6.07) is 8.12. The quantitative estimate of drug-likeness (QED) is 0.332. The number of rotatable bonds is 6. The van der Waals surface area contributed by atoms with Gasteiger partial charge in [-0.1, -0.05) is 45.0 Å². The molecule has 1 unspecified atom stereocenters. The van der Waals surface area contributed by atoms with Crippen molar-refractivity contribution in [2.45, 2.75) is 45.8 Å². The average molecular weight is 486 g/mol. The van der Waals surface area contributed by atoms with E-state index in [1.807, 2.05) is 30.7 Å². The third kappa shape index (κ3) is 7.10. The number of aliphatic imine (C=N–C) groups is 1. The number of nitrogens with one attached hydrogen (secondary N) is 2. The molecule has 2 rings (SSSR count). The Balaban J connectivity index is 0.00000364. The van der Waals surface area contributed by atoms with Gasteiger partial charge in [0.05, 0.1) is 6.10 Å². The molecule has 27 heavy (non-hydrogen) atoms. The fourth-order valence-electron chi connectivity index (χ4n) is 2.46. The van der Waals surface area contributed by atoms with Gasteiger partial charge in [-0.25, -0.2) is 4.99 Å². The van der Waals surface area contributed by atoms with Crippen LogP contribution in [0.1, 0.15) is 50.8 Å². The van der Waals surface area contributed by atoms with Crippen molar-refractivity contribution >= 4 is 29.9 Å². The average Bonchev–Trinajstić information content (AvgIpc) is 3.01. The summed E-state index contributed by atoms with van der Waals surface area (Å²) in [4.78, 5) is 4.49. The van der Waals surface area contributed by atoms with E-state index in [4.69, 9.17) is 0 Å². The van der Waals surface area contributed by atoms with Crippen molar-refractivity contribution in [1.29, 1.82) is 0 Å². The van der Waals surface area contributed by atoms with Gasteiger partial charge in [-0.2, -0.15) is 0 Å². The van der Waals surface area contributed by atoms with Crippen molar-refractivity contribution < 1.29 is 5.11 Å². The first-order valence-corrected chi connectivity index (χ1v) is 8.94. The molecule has 0 spiro atoms. The predicted molar refractivity (Wildman–Crippen MR) is 119 cm³/mol. The number of aliphatic hydroxyl groups is 1. The van der Waals surface area contributed by atoms with Crippen LogP contribution in [0.4, 0.5) is 0 Å². The lowest BCUT2D eigenvalue weighted by Gasteiger charge is -2.20. The molecule has 0 aliphatic rings. The van der Waals surface area contributed by atoms with Crippen molar-refractivity contribution in [2.75, 3.05) is 13.1 Å². The number of aromatic nitrogens is 3. The van der Waals surface area contributed by atoms with E-state index in [-0.39, 0.29) is 29.4 Å². The molecule has 0 aliphatic carbocycles. The second-order valence-corrected chi connectivity index (χ2v) is 7.32. The van der Waals surface area contributed by atoms with Crippen molar-refractivity contribution in [2.24, 2.45) is 12.0 Å². The monoisotopic (exact) mass is 486 g/mol. The third-order valence-corrected chi connectivity index (χ3v) is 4.15. The van der Waals surface area contributed by atoms with E-state index in [9.17, 15) is 5.11 Å². The number of hydrogen-bond donors (Lipinski definition) is 3. The summed E-state index contributed by atoms with van der Waals surface area (Å²) >= 11 is 0. The van der Waals surface area contributed by atoms with Gasteiger partial charge >= 0.3 is 0 Å². The number of halogens is 1. The van der Waals surface area contributed by atoms with Gasteiger partial charge < -0.3 is 20.3 Å². The van der Waals surface area contributed by atoms with Crippen LogP contribution in [0.3, 0.4) is 0 Å². The van der Waals surface area contributed by atoms with Gasteiger partial charge in [0.1, 0.15) is 12.9 Å². The van der Waals surface area contributed by atoms with E-state index in [0.717, 1.165) is 17.9 Å². The number of guanidine groups is 1. The number of aliphatic hydroxyl groups excluding tert-OH is 1. The van der Waals surface area contributed by atoms with Crippen LogP contribution in [0.25, 0.3) is 0 Å². The molecule has 8 heteroatoms. The van der Waals surface area contributed by atoms with E-state index < -0.39 is 6.10 Å². The fourth-order valence-corrected chi connectivity index (χ4v) is 2.46. The largest absolute Gasteiger partial charge is 0.387 e. The van der Waals surface area contributed by atoms with Gasteiger partial charge in [0, 0.05) is 20.1 Å². The summed E-state index contributed by atoms with van der Waals surface area (Å²) in [5.74, 6) is 1.42. The summed E-state index contributed by atoms with van der Waals surface area (Å²) in [5.41, 5.74) is 2.24. The molecule has 1 atom stereocenters. The van der Waals surface area contributed by atoms with Crippen LogP contribution < -0.4 is 10.6 Å². The van der Waals surface area contributed by atoms with E-state index >= 15 is 0 Å². The zero-order chi connectivity index (χ0) is 19.2. The molecule has 3 N–H and O–H groups in total. The molecule has 0 amide bonds. The Morgan fingerprint density at radius 2 is 1.89 bits per heavy atom. The summed E-state index contributed by atoms with van der Waals surface area (Å²) in [7, 11) is 1.89. The molecular formula is C19H31IN6O. The van der Waals surface area contributed by atoms with Gasteiger partial charge in [-0.05, 0) is 23.5 Å². The molecule has 0 saturated heterocycles. The van der Waals surface area contributed by atoms with Gasteiger partial charge in [0.25, 0.3) is 0 Å². The van der Waals surface area contributed by atoms with Crippen molar-refractivity contribution in [3.8, 4) is 0 Å². The minimum absolute atomic E-state index is 0. The smallest absolute Gasteiger partial charge is 0.191 e. The molecule has 2 aromatic rings. The van der Waals surface area contributed by atoms with Crippen LogP contribution in [0.15, 0.2) is 35.6 Å². The summed E-state index contributed by atoms with van der Waals surface area (Å²) in [6.07, 6.45) is 1.04. The van der Waals surface area contributed by atoms with Gasteiger partial charge in [-0.15, -0.1) is 34.2 Å². The van der Waals surface area contributed by atoms with Gasteiger partial charge in [0.2, 0.25) is 0 Å². The summed E-state index contributed by atoms with van der Waals surface area (Å²) < 4.78 is 1.83. The molecule has 0 bridgehead atoms. The molecule has 1 heterocycles. The molecule has 1 aromatic heterocycles. The van der Waals surface area contributed by atoms with Crippen LogP contribution >= 0.6 is 24.0 Å². The number of nitrogens with zero attached hydrogens (tertiary/aromatic N) is 4. The highest BCUT2D eigenvalue weighted by molar-refractivity contribution is 14.0. The molecule has 150 valence electrons. The van der Waals surface area contributed by atoms with E-state index in [1.54, 1.807) is 6.33 Å². The highest BCUT2D eigenvalue weighted by atomic mass is 127. The Morgan fingerprint density at radius 1 is 1.22 bits per heavy atom. The maximum Gasteiger partial charge on any atom is 0.191 e. The fraction of sp³-hybridized carbons (Fsp3) is 0.526. The second kappa shape index (κ2) is 10.6. The molecule has 0 saturated carbocycles. The Hall–Kier alpha value is -1.68. The van der Waals surface area contributed by atoms with Crippen molar-refractivity contribution in [3.05, 3.63) is 47.5 Å². The van der Waals surface area contributed by atoms with E-state index in [0.29, 0.717) is 19.0 Å².